The summed E-state index contributed by atoms with van der Waals surface area (Å²) in [5.74, 6) is 0.523. The van der Waals surface area contributed by atoms with Crippen molar-refractivity contribution in [2.24, 2.45) is 0 Å². The predicted octanol–water partition coefficient (Wildman–Crippen LogP) is 3.83. The van der Waals surface area contributed by atoms with Gasteiger partial charge in [-0.1, -0.05) is 37.5 Å². The van der Waals surface area contributed by atoms with Crippen molar-refractivity contribution in [3.63, 3.8) is 0 Å². The number of carbonyl (C=O) groups excluding carboxylic acids is 2. The molecule has 0 fully saturated rings. The van der Waals surface area contributed by atoms with Crippen LogP contribution in [0.5, 0.6) is 5.75 Å². The van der Waals surface area contributed by atoms with Gasteiger partial charge in [0.25, 0.3) is 11.8 Å². The molecule has 2 N–H and O–H groups in total. The van der Waals surface area contributed by atoms with Crippen LogP contribution in [0, 0.1) is 0 Å². The maximum Gasteiger partial charge on any atom is 0.264 e. The molecule has 0 bridgehead atoms. The lowest BCUT2D eigenvalue weighted by molar-refractivity contribution is -0.120. The molecule has 7 heteroatoms. The fourth-order valence-electron chi connectivity index (χ4n) is 4.22. The Bertz CT molecular complexity index is 933. The summed E-state index contributed by atoms with van der Waals surface area (Å²) >= 11 is 0. The largest absolute Gasteiger partial charge is 0.484 e. The number of hydrogen-bond donors (Lipinski definition) is 2. The van der Waals surface area contributed by atoms with Crippen LogP contribution < -0.4 is 20.3 Å². The van der Waals surface area contributed by atoms with Gasteiger partial charge in [0, 0.05) is 30.9 Å². The third-order valence-electron chi connectivity index (χ3n) is 6.16. The van der Waals surface area contributed by atoms with E-state index in [0.29, 0.717) is 30.9 Å². The molecule has 1 aliphatic heterocycles. The smallest absolute Gasteiger partial charge is 0.264 e. The van der Waals surface area contributed by atoms with Gasteiger partial charge in [-0.25, -0.2) is 0 Å². The number of amides is 2. The molecule has 0 aliphatic carbocycles. The minimum Gasteiger partial charge on any atom is -0.484 e. The fraction of sp³-hybridized carbons (Fsp3) is 0.500. The third-order valence-corrected chi connectivity index (χ3v) is 6.16. The van der Waals surface area contributed by atoms with E-state index in [-0.39, 0.29) is 18.4 Å². The minimum atomic E-state index is -0.0806. The second-order valence-corrected chi connectivity index (χ2v) is 9.35. The van der Waals surface area contributed by atoms with Gasteiger partial charge >= 0.3 is 0 Å². The van der Waals surface area contributed by atoms with Crippen molar-refractivity contribution in [2.75, 3.05) is 51.8 Å². The number of ether oxygens (including phenoxy) is 1. The lowest BCUT2D eigenvalue weighted by Crippen LogP contribution is -2.37. The summed E-state index contributed by atoms with van der Waals surface area (Å²) in [6, 6.07) is 15.1. The van der Waals surface area contributed by atoms with Crippen LogP contribution in [0.4, 0.5) is 5.69 Å². The first-order chi connectivity index (χ1) is 17.0. The average molecular weight is 481 g/mol. The lowest BCUT2D eigenvalue weighted by Gasteiger charge is -2.26. The van der Waals surface area contributed by atoms with E-state index in [9.17, 15) is 9.59 Å². The number of carbonyl (C=O) groups is 2. The van der Waals surface area contributed by atoms with Gasteiger partial charge in [0.05, 0.1) is 0 Å². The second kappa shape index (κ2) is 14.5. The Labute approximate surface area is 209 Å². The van der Waals surface area contributed by atoms with Crippen molar-refractivity contribution in [2.45, 2.75) is 45.1 Å². The molecule has 3 rings (SSSR count). The van der Waals surface area contributed by atoms with E-state index in [1.807, 2.05) is 67.5 Å². The van der Waals surface area contributed by atoms with E-state index in [1.165, 1.54) is 12.8 Å². The van der Waals surface area contributed by atoms with Crippen molar-refractivity contribution in [1.29, 1.82) is 0 Å². The molecular weight excluding hydrogens is 440 g/mol. The molecule has 2 aromatic carbocycles. The normalized spacial score (nSPS) is 15.0. The molecular formula is C28H40N4O3. The minimum absolute atomic E-state index is 0.0228. The summed E-state index contributed by atoms with van der Waals surface area (Å²) in [6.45, 7) is 3.71. The Morgan fingerprint density at radius 2 is 1.80 bits per heavy atom. The Morgan fingerprint density at radius 1 is 1.03 bits per heavy atom. The summed E-state index contributed by atoms with van der Waals surface area (Å²) < 4.78 is 5.77. The maximum atomic E-state index is 13.3. The van der Waals surface area contributed by atoms with Crippen LogP contribution in [0.2, 0.25) is 0 Å². The molecule has 0 radical (unpaired) electrons. The van der Waals surface area contributed by atoms with Crippen LogP contribution in [0.15, 0.2) is 48.5 Å². The van der Waals surface area contributed by atoms with E-state index in [1.54, 1.807) is 0 Å². The highest BCUT2D eigenvalue weighted by Crippen LogP contribution is 2.24. The number of fused-ring (bicyclic) bond motifs is 1. The molecule has 0 aromatic heterocycles. The molecule has 190 valence electrons. The molecule has 35 heavy (non-hydrogen) atoms. The van der Waals surface area contributed by atoms with E-state index in [4.69, 9.17) is 4.74 Å². The number of para-hydroxylation sites is 1. The summed E-state index contributed by atoms with van der Waals surface area (Å²) in [5.41, 5.74) is 2.43. The molecule has 0 spiro atoms. The highest BCUT2D eigenvalue weighted by molar-refractivity contribution is 5.98. The maximum absolute atomic E-state index is 13.3. The number of benzene rings is 2. The van der Waals surface area contributed by atoms with Crippen molar-refractivity contribution >= 4 is 17.5 Å². The Kier molecular flexibility index (Phi) is 11.1. The van der Waals surface area contributed by atoms with Gasteiger partial charge in [-0.2, -0.15) is 0 Å². The molecule has 0 unspecified atom stereocenters. The fourth-order valence-corrected chi connectivity index (χ4v) is 4.22. The number of rotatable bonds is 8. The first-order valence-electron chi connectivity index (χ1n) is 12.8. The quantitative estimate of drug-likeness (QED) is 0.562. The molecule has 0 saturated heterocycles. The van der Waals surface area contributed by atoms with Crippen molar-refractivity contribution < 1.29 is 14.3 Å². The molecule has 2 aromatic rings. The number of hydrogen-bond acceptors (Lipinski definition) is 5. The zero-order valence-electron chi connectivity index (χ0n) is 21.2. The van der Waals surface area contributed by atoms with Gasteiger partial charge in [-0.15, -0.1) is 0 Å². The summed E-state index contributed by atoms with van der Waals surface area (Å²) in [6.07, 6.45) is 6.42. The van der Waals surface area contributed by atoms with Crippen LogP contribution in [0.1, 0.15) is 54.4 Å². The first kappa shape index (κ1) is 26.7. The second-order valence-electron chi connectivity index (χ2n) is 9.35. The predicted molar refractivity (Wildman–Crippen MR) is 141 cm³/mol. The van der Waals surface area contributed by atoms with Gasteiger partial charge in [-0.3, -0.25) is 9.59 Å². The van der Waals surface area contributed by atoms with Crippen molar-refractivity contribution in [3.8, 4) is 5.75 Å². The van der Waals surface area contributed by atoms with Gasteiger partial charge in [0.2, 0.25) is 0 Å². The van der Waals surface area contributed by atoms with Crippen LogP contribution in [-0.2, 0) is 11.3 Å². The van der Waals surface area contributed by atoms with E-state index >= 15 is 0 Å². The van der Waals surface area contributed by atoms with Gasteiger partial charge in [-0.05, 0) is 82.3 Å². The zero-order valence-corrected chi connectivity index (χ0v) is 21.2. The molecule has 0 atom stereocenters. The highest BCUT2D eigenvalue weighted by atomic mass is 16.5. The molecule has 1 aliphatic rings. The SMILES string of the molecule is CN(C)CCCNC(=O)c1ccc2c(c1)CNCCCCCCCN2C(=O)COc1ccccc1. The number of nitrogens with zero attached hydrogens (tertiary/aromatic N) is 2. The summed E-state index contributed by atoms with van der Waals surface area (Å²) in [5, 5.41) is 6.52. The standard InChI is InChI=1S/C28H40N4O3/c1-31(2)18-11-17-30-28(34)23-14-15-26-24(20-23)21-29-16-9-4-3-5-10-19-32(26)27(33)22-35-25-12-7-6-8-13-25/h6-8,12-15,20,29H,3-5,9-11,16-19,21-22H2,1-2H3,(H,30,34). The molecule has 7 nitrogen and oxygen atoms in total. The van der Waals surface area contributed by atoms with Crippen LogP contribution in [0.3, 0.4) is 0 Å². The van der Waals surface area contributed by atoms with Gasteiger partial charge in [0.1, 0.15) is 5.75 Å². The summed E-state index contributed by atoms with van der Waals surface area (Å²) in [4.78, 5) is 30.0. The Balaban J connectivity index is 1.77. The molecule has 0 saturated carbocycles. The van der Waals surface area contributed by atoms with E-state index < -0.39 is 0 Å². The van der Waals surface area contributed by atoms with Crippen molar-refractivity contribution in [1.82, 2.24) is 15.5 Å². The lowest BCUT2D eigenvalue weighted by atomic mass is 10.0. The van der Waals surface area contributed by atoms with E-state index in [2.05, 4.69) is 15.5 Å². The number of nitrogens with one attached hydrogen (secondary N) is 2. The number of anilines is 1. The Morgan fingerprint density at radius 3 is 2.60 bits per heavy atom. The first-order valence-corrected chi connectivity index (χ1v) is 12.8. The van der Waals surface area contributed by atoms with Crippen LogP contribution >= 0.6 is 0 Å². The third kappa shape index (κ3) is 9.00. The zero-order chi connectivity index (χ0) is 24.9. The van der Waals surface area contributed by atoms with Crippen LogP contribution in [-0.4, -0.2) is 63.6 Å². The highest BCUT2D eigenvalue weighted by Gasteiger charge is 2.21. The summed E-state index contributed by atoms with van der Waals surface area (Å²) in [7, 11) is 4.05. The molecule has 1 heterocycles. The van der Waals surface area contributed by atoms with Crippen LogP contribution in [0.25, 0.3) is 0 Å². The van der Waals surface area contributed by atoms with Gasteiger partial charge in [0.15, 0.2) is 6.61 Å². The topological polar surface area (TPSA) is 73.9 Å². The van der Waals surface area contributed by atoms with Gasteiger partial charge < -0.3 is 25.2 Å². The van der Waals surface area contributed by atoms with E-state index in [0.717, 1.165) is 50.0 Å². The monoisotopic (exact) mass is 480 g/mol. The average Bonchev–Trinajstić information content (AvgIpc) is 2.86. The van der Waals surface area contributed by atoms with Crippen molar-refractivity contribution in [3.05, 3.63) is 59.7 Å². The molecule has 2 amide bonds. The Hall–Kier alpha value is -2.90.